The molecular weight excluding hydrogens is 348 g/mol. The van der Waals surface area contributed by atoms with E-state index in [1.165, 1.54) is 12.4 Å². The van der Waals surface area contributed by atoms with Gasteiger partial charge in [0.25, 0.3) is 5.91 Å². The maximum Gasteiger partial charge on any atom is 0.356 e. The number of nitrogens with zero attached hydrogens (tertiary/aromatic N) is 4. The Kier molecular flexibility index (Phi) is 4.25. The summed E-state index contributed by atoms with van der Waals surface area (Å²) in [4.78, 5) is 33.9. The van der Waals surface area contributed by atoms with Crippen LogP contribution in [0.25, 0.3) is 0 Å². The number of H-pyrrole nitrogens is 1. The molecular formula is C18H16N6O3. The van der Waals surface area contributed by atoms with E-state index in [1.54, 1.807) is 4.90 Å². The van der Waals surface area contributed by atoms with Crippen molar-refractivity contribution in [2.45, 2.75) is 13.0 Å². The van der Waals surface area contributed by atoms with Gasteiger partial charge in [0.05, 0.1) is 12.1 Å². The number of aromatic amines is 1. The summed E-state index contributed by atoms with van der Waals surface area (Å²) < 4.78 is 0. The van der Waals surface area contributed by atoms with Crippen molar-refractivity contribution < 1.29 is 14.7 Å². The number of hydrogen-bond acceptors (Lipinski definition) is 6. The summed E-state index contributed by atoms with van der Waals surface area (Å²) in [6.45, 7) is 0.660. The van der Waals surface area contributed by atoms with E-state index in [1.807, 2.05) is 30.3 Å². The molecule has 1 amide bonds. The predicted molar refractivity (Wildman–Crippen MR) is 95.7 cm³/mol. The Morgan fingerprint density at radius 2 is 1.89 bits per heavy atom. The van der Waals surface area contributed by atoms with E-state index in [-0.39, 0.29) is 18.1 Å². The molecule has 3 aromatic rings. The highest BCUT2D eigenvalue weighted by molar-refractivity contribution is 5.94. The van der Waals surface area contributed by atoms with Crippen molar-refractivity contribution >= 4 is 23.5 Å². The smallest absolute Gasteiger partial charge is 0.356 e. The van der Waals surface area contributed by atoms with Gasteiger partial charge in [-0.3, -0.25) is 9.89 Å². The Hall–Kier alpha value is -3.75. The number of carbonyl (C=O) groups excluding carboxylic acids is 1. The second kappa shape index (κ2) is 6.87. The van der Waals surface area contributed by atoms with Crippen LogP contribution in [-0.2, 0) is 13.0 Å². The number of carboxylic acid groups (broad SMARTS) is 1. The lowest BCUT2D eigenvalue weighted by atomic mass is 10.0. The normalized spacial score (nSPS) is 13.1. The predicted octanol–water partition coefficient (Wildman–Crippen LogP) is 1.84. The minimum absolute atomic E-state index is 0.0406. The summed E-state index contributed by atoms with van der Waals surface area (Å²) >= 11 is 0. The number of rotatable bonds is 4. The third kappa shape index (κ3) is 3.34. The topological polar surface area (TPSA) is 124 Å². The fraction of sp³-hybridized carbons (Fsp3) is 0.167. The van der Waals surface area contributed by atoms with Crippen molar-refractivity contribution in [3.8, 4) is 0 Å². The van der Waals surface area contributed by atoms with Crippen molar-refractivity contribution in [1.82, 2.24) is 25.1 Å². The van der Waals surface area contributed by atoms with Gasteiger partial charge in [0.15, 0.2) is 5.69 Å². The van der Waals surface area contributed by atoms with E-state index >= 15 is 0 Å². The Morgan fingerprint density at radius 3 is 2.59 bits per heavy atom. The van der Waals surface area contributed by atoms with Crippen molar-refractivity contribution in [2.75, 3.05) is 11.9 Å². The summed E-state index contributed by atoms with van der Waals surface area (Å²) in [6, 6.07) is 9.48. The van der Waals surface area contributed by atoms with Crippen LogP contribution in [0.2, 0.25) is 0 Å². The minimum atomic E-state index is -1.11. The second-order valence-corrected chi connectivity index (χ2v) is 6.10. The van der Waals surface area contributed by atoms with Gasteiger partial charge < -0.3 is 15.3 Å². The Bertz CT molecular complexity index is 984. The molecule has 0 fully saturated rings. The van der Waals surface area contributed by atoms with E-state index in [9.17, 15) is 14.7 Å². The van der Waals surface area contributed by atoms with E-state index in [0.29, 0.717) is 30.0 Å². The molecule has 0 spiro atoms. The molecule has 0 radical (unpaired) electrons. The Morgan fingerprint density at radius 1 is 1.15 bits per heavy atom. The molecule has 4 rings (SSSR count). The van der Waals surface area contributed by atoms with Gasteiger partial charge in [-0.1, -0.05) is 18.2 Å². The first kappa shape index (κ1) is 16.7. The molecule has 9 heteroatoms. The number of amides is 1. The SMILES string of the molecule is O=C(O)c1n[nH]c2c1CN(C(=O)c1cnc(Nc3ccccc3)nc1)CC2. The van der Waals surface area contributed by atoms with Gasteiger partial charge in [-0.25, -0.2) is 14.8 Å². The first-order chi connectivity index (χ1) is 13.1. The molecule has 3 N–H and O–H groups in total. The van der Waals surface area contributed by atoms with Gasteiger partial charge in [0.1, 0.15) is 0 Å². The van der Waals surface area contributed by atoms with E-state index in [4.69, 9.17) is 0 Å². The summed E-state index contributed by atoms with van der Waals surface area (Å²) in [5.74, 6) is -0.965. The van der Waals surface area contributed by atoms with Gasteiger partial charge in [-0.15, -0.1) is 0 Å². The number of fused-ring (bicyclic) bond motifs is 1. The molecule has 3 heterocycles. The molecule has 136 valence electrons. The number of nitrogens with one attached hydrogen (secondary N) is 2. The van der Waals surface area contributed by atoms with Gasteiger partial charge in [0.2, 0.25) is 5.95 Å². The molecule has 9 nitrogen and oxygen atoms in total. The Labute approximate surface area is 154 Å². The van der Waals surface area contributed by atoms with Gasteiger partial charge >= 0.3 is 5.97 Å². The van der Waals surface area contributed by atoms with Crippen LogP contribution < -0.4 is 5.32 Å². The zero-order chi connectivity index (χ0) is 18.8. The summed E-state index contributed by atoms with van der Waals surface area (Å²) in [7, 11) is 0. The largest absolute Gasteiger partial charge is 0.476 e. The van der Waals surface area contributed by atoms with Gasteiger partial charge in [0, 0.05) is 42.3 Å². The van der Waals surface area contributed by atoms with Crippen molar-refractivity contribution in [3.05, 3.63) is 65.2 Å². The molecule has 1 aliphatic heterocycles. The molecule has 0 saturated heterocycles. The number of anilines is 2. The molecule has 0 aliphatic carbocycles. The van der Waals surface area contributed by atoms with Crippen LogP contribution in [0.3, 0.4) is 0 Å². The lowest BCUT2D eigenvalue weighted by Gasteiger charge is -2.26. The van der Waals surface area contributed by atoms with Crippen LogP contribution in [0.1, 0.15) is 32.1 Å². The number of hydrogen-bond donors (Lipinski definition) is 3. The van der Waals surface area contributed by atoms with Crippen LogP contribution in [0.5, 0.6) is 0 Å². The fourth-order valence-electron chi connectivity index (χ4n) is 2.98. The molecule has 0 unspecified atom stereocenters. The number of aromatic carboxylic acids is 1. The summed E-state index contributed by atoms with van der Waals surface area (Å²) in [5, 5.41) is 18.8. The lowest BCUT2D eigenvalue weighted by molar-refractivity contribution is 0.0674. The molecule has 1 aliphatic rings. The van der Waals surface area contributed by atoms with Crippen molar-refractivity contribution in [3.63, 3.8) is 0 Å². The Balaban J connectivity index is 1.48. The van der Waals surface area contributed by atoms with Crippen LogP contribution in [0, 0.1) is 0 Å². The van der Waals surface area contributed by atoms with Crippen molar-refractivity contribution in [2.24, 2.45) is 0 Å². The molecule has 0 saturated carbocycles. The standard InChI is InChI=1S/C18H16N6O3/c25-16(24-7-6-14-13(10-24)15(17(26)27)23-22-14)11-8-19-18(20-9-11)21-12-4-2-1-3-5-12/h1-5,8-9H,6-7,10H2,(H,22,23)(H,26,27)(H,19,20,21). The molecule has 1 aromatic carbocycles. The first-order valence-electron chi connectivity index (χ1n) is 8.34. The monoisotopic (exact) mass is 364 g/mol. The van der Waals surface area contributed by atoms with Gasteiger partial charge in [-0.05, 0) is 12.1 Å². The van der Waals surface area contributed by atoms with E-state index in [2.05, 4.69) is 25.5 Å². The summed E-state index contributed by atoms with van der Waals surface area (Å²) in [5.41, 5.74) is 2.46. The van der Waals surface area contributed by atoms with Crippen molar-refractivity contribution in [1.29, 1.82) is 0 Å². The average molecular weight is 364 g/mol. The number of para-hydroxylation sites is 1. The fourth-order valence-corrected chi connectivity index (χ4v) is 2.98. The highest BCUT2D eigenvalue weighted by Gasteiger charge is 2.28. The van der Waals surface area contributed by atoms with Crippen LogP contribution >= 0.6 is 0 Å². The maximum atomic E-state index is 12.7. The lowest BCUT2D eigenvalue weighted by Crippen LogP contribution is -2.36. The quantitative estimate of drug-likeness (QED) is 0.645. The highest BCUT2D eigenvalue weighted by atomic mass is 16.4. The number of aromatic nitrogens is 4. The third-order valence-electron chi connectivity index (χ3n) is 4.35. The summed E-state index contributed by atoms with van der Waals surface area (Å²) in [6.07, 6.45) is 3.45. The van der Waals surface area contributed by atoms with Gasteiger partial charge in [-0.2, -0.15) is 5.10 Å². The molecule has 27 heavy (non-hydrogen) atoms. The third-order valence-corrected chi connectivity index (χ3v) is 4.35. The maximum absolute atomic E-state index is 12.7. The molecule has 0 atom stereocenters. The van der Waals surface area contributed by atoms with Crippen LogP contribution in [-0.4, -0.2) is 48.6 Å². The minimum Gasteiger partial charge on any atom is -0.476 e. The van der Waals surface area contributed by atoms with Crippen LogP contribution in [0.15, 0.2) is 42.7 Å². The number of carboxylic acids is 1. The average Bonchev–Trinajstić information content (AvgIpc) is 3.12. The first-order valence-corrected chi connectivity index (χ1v) is 8.34. The number of carbonyl (C=O) groups is 2. The zero-order valence-electron chi connectivity index (χ0n) is 14.2. The second-order valence-electron chi connectivity index (χ2n) is 6.10. The van der Waals surface area contributed by atoms with E-state index < -0.39 is 5.97 Å². The number of benzene rings is 1. The van der Waals surface area contributed by atoms with Crippen LogP contribution in [0.4, 0.5) is 11.6 Å². The molecule has 0 bridgehead atoms. The molecule has 2 aromatic heterocycles. The van der Waals surface area contributed by atoms with E-state index in [0.717, 1.165) is 11.4 Å². The zero-order valence-corrected chi connectivity index (χ0v) is 14.2. The highest BCUT2D eigenvalue weighted by Crippen LogP contribution is 2.22.